The molecule has 1 aromatic carbocycles. The van der Waals surface area contributed by atoms with Gasteiger partial charge in [-0.15, -0.1) is 0 Å². The Morgan fingerprint density at radius 3 is 2.68 bits per heavy atom. The Kier molecular flexibility index (Phi) is 4.87. The lowest BCUT2D eigenvalue weighted by Gasteiger charge is -2.26. The third kappa shape index (κ3) is 2.93. The Hall–Kier alpha value is -1.46. The molecule has 1 aromatic rings. The topological polar surface area (TPSA) is 49.0 Å². The minimum atomic E-state index is -0.0184. The number of methoxy groups -OCH3 is 2. The third-order valence-electron chi connectivity index (χ3n) is 3.09. The van der Waals surface area contributed by atoms with E-state index in [-0.39, 0.29) is 6.10 Å². The summed E-state index contributed by atoms with van der Waals surface area (Å²) in [6, 6.07) is 3.86. The molecular formula is C14H21NO4. The van der Waals surface area contributed by atoms with Crippen LogP contribution in [0.5, 0.6) is 17.2 Å². The molecule has 0 bridgehead atoms. The minimum Gasteiger partial charge on any atom is -0.493 e. The standard InChI is InChI=1S/C14H21NO4/c1-4-18-13-10(12-9-15-7-8-19-12)5-6-11(16-2)14(13)17-3/h5-6,12,15H,4,7-9H2,1-3H3. The molecule has 1 saturated heterocycles. The van der Waals surface area contributed by atoms with Crippen molar-refractivity contribution in [2.75, 3.05) is 40.5 Å². The molecule has 1 aliphatic heterocycles. The zero-order valence-electron chi connectivity index (χ0n) is 11.7. The number of morpholine rings is 1. The maximum atomic E-state index is 5.79. The van der Waals surface area contributed by atoms with Crippen LogP contribution in [0, 0.1) is 0 Å². The minimum absolute atomic E-state index is 0.0184. The average molecular weight is 267 g/mol. The molecule has 1 N–H and O–H groups in total. The van der Waals surface area contributed by atoms with Gasteiger partial charge in [0.1, 0.15) is 0 Å². The number of rotatable bonds is 5. The lowest BCUT2D eigenvalue weighted by molar-refractivity contribution is 0.0257. The van der Waals surface area contributed by atoms with E-state index in [1.54, 1.807) is 14.2 Å². The molecule has 0 spiro atoms. The lowest BCUT2D eigenvalue weighted by atomic mass is 10.1. The smallest absolute Gasteiger partial charge is 0.203 e. The van der Waals surface area contributed by atoms with Gasteiger partial charge in [0.05, 0.1) is 33.5 Å². The Labute approximate surface area is 113 Å². The van der Waals surface area contributed by atoms with Gasteiger partial charge in [0, 0.05) is 18.7 Å². The molecule has 0 aliphatic carbocycles. The van der Waals surface area contributed by atoms with Crippen LogP contribution in [-0.4, -0.2) is 40.5 Å². The van der Waals surface area contributed by atoms with Crippen LogP contribution < -0.4 is 19.5 Å². The quantitative estimate of drug-likeness (QED) is 0.881. The van der Waals surface area contributed by atoms with Crippen LogP contribution in [-0.2, 0) is 4.74 Å². The van der Waals surface area contributed by atoms with Gasteiger partial charge in [-0.05, 0) is 19.1 Å². The number of hydrogen-bond acceptors (Lipinski definition) is 5. The van der Waals surface area contributed by atoms with Crippen molar-refractivity contribution in [1.29, 1.82) is 0 Å². The summed E-state index contributed by atoms with van der Waals surface area (Å²) in [5, 5.41) is 3.32. The number of ether oxygens (including phenoxy) is 4. The fraction of sp³-hybridized carbons (Fsp3) is 0.571. The summed E-state index contributed by atoms with van der Waals surface area (Å²) >= 11 is 0. The molecule has 0 aromatic heterocycles. The van der Waals surface area contributed by atoms with Gasteiger partial charge >= 0.3 is 0 Å². The Balaban J connectivity index is 2.40. The van der Waals surface area contributed by atoms with Crippen molar-refractivity contribution in [2.45, 2.75) is 13.0 Å². The van der Waals surface area contributed by atoms with Gasteiger partial charge in [-0.25, -0.2) is 0 Å². The first-order valence-electron chi connectivity index (χ1n) is 6.51. The molecule has 1 unspecified atom stereocenters. The van der Waals surface area contributed by atoms with Gasteiger partial charge in [-0.3, -0.25) is 0 Å². The van der Waals surface area contributed by atoms with Crippen LogP contribution in [0.3, 0.4) is 0 Å². The monoisotopic (exact) mass is 267 g/mol. The fourth-order valence-electron chi connectivity index (χ4n) is 2.23. The summed E-state index contributed by atoms with van der Waals surface area (Å²) in [7, 11) is 3.23. The van der Waals surface area contributed by atoms with E-state index in [2.05, 4.69) is 5.32 Å². The second kappa shape index (κ2) is 6.63. The van der Waals surface area contributed by atoms with Crippen molar-refractivity contribution >= 4 is 0 Å². The van der Waals surface area contributed by atoms with Gasteiger partial charge in [-0.2, -0.15) is 0 Å². The van der Waals surface area contributed by atoms with Crippen molar-refractivity contribution in [3.8, 4) is 17.2 Å². The molecule has 106 valence electrons. The van der Waals surface area contributed by atoms with Crippen LogP contribution in [0.1, 0.15) is 18.6 Å². The zero-order valence-corrected chi connectivity index (χ0v) is 11.7. The van der Waals surface area contributed by atoms with E-state index in [0.717, 1.165) is 18.7 Å². The van der Waals surface area contributed by atoms with E-state index in [4.69, 9.17) is 18.9 Å². The van der Waals surface area contributed by atoms with Crippen molar-refractivity contribution < 1.29 is 18.9 Å². The number of nitrogens with one attached hydrogen (secondary N) is 1. The Morgan fingerprint density at radius 2 is 2.11 bits per heavy atom. The molecule has 1 aliphatic rings. The highest BCUT2D eigenvalue weighted by Crippen LogP contribution is 2.43. The van der Waals surface area contributed by atoms with E-state index >= 15 is 0 Å². The van der Waals surface area contributed by atoms with E-state index in [9.17, 15) is 0 Å². The largest absolute Gasteiger partial charge is 0.493 e. The van der Waals surface area contributed by atoms with Gasteiger partial charge in [-0.1, -0.05) is 0 Å². The Bertz CT molecular complexity index is 416. The molecule has 2 rings (SSSR count). The highest BCUT2D eigenvalue weighted by molar-refractivity contribution is 5.56. The van der Waals surface area contributed by atoms with E-state index in [0.29, 0.717) is 30.5 Å². The van der Waals surface area contributed by atoms with E-state index < -0.39 is 0 Å². The summed E-state index contributed by atoms with van der Waals surface area (Å²) in [5.41, 5.74) is 0.992. The molecule has 1 fully saturated rings. The molecule has 0 amide bonds. The maximum absolute atomic E-state index is 5.79. The van der Waals surface area contributed by atoms with Crippen molar-refractivity contribution in [1.82, 2.24) is 5.32 Å². The molecule has 0 saturated carbocycles. The number of hydrogen-bond donors (Lipinski definition) is 1. The van der Waals surface area contributed by atoms with Crippen LogP contribution >= 0.6 is 0 Å². The van der Waals surface area contributed by atoms with Gasteiger partial charge in [0.15, 0.2) is 11.5 Å². The van der Waals surface area contributed by atoms with Crippen LogP contribution in [0.15, 0.2) is 12.1 Å². The van der Waals surface area contributed by atoms with Crippen molar-refractivity contribution in [3.05, 3.63) is 17.7 Å². The molecule has 19 heavy (non-hydrogen) atoms. The SMILES string of the molecule is CCOc1c(C2CNCCO2)ccc(OC)c1OC. The first-order chi connectivity index (χ1) is 9.31. The van der Waals surface area contributed by atoms with Crippen LogP contribution in [0.4, 0.5) is 0 Å². The first kappa shape index (κ1) is 14.0. The van der Waals surface area contributed by atoms with Gasteiger partial charge in [0.2, 0.25) is 5.75 Å². The summed E-state index contributed by atoms with van der Waals surface area (Å²) in [5.74, 6) is 1.99. The van der Waals surface area contributed by atoms with E-state index in [1.807, 2.05) is 19.1 Å². The summed E-state index contributed by atoms with van der Waals surface area (Å²) in [6.07, 6.45) is -0.0184. The van der Waals surface area contributed by atoms with Gasteiger partial charge < -0.3 is 24.3 Å². The fourth-order valence-corrected chi connectivity index (χ4v) is 2.23. The molecule has 0 radical (unpaired) electrons. The summed E-state index contributed by atoms with van der Waals surface area (Å²) in [6.45, 7) is 4.87. The van der Waals surface area contributed by atoms with Crippen molar-refractivity contribution in [2.24, 2.45) is 0 Å². The summed E-state index contributed by atoms with van der Waals surface area (Å²) in [4.78, 5) is 0. The normalized spacial score (nSPS) is 19.0. The number of benzene rings is 1. The summed E-state index contributed by atoms with van der Waals surface area (Å²) < 4.78 is 22.3. The molecular weight excluding hydrogens is 246 g/mol. The second-order valence-electron chi connectivity index (χ2n) is 4.22. The first-order valence-corrected chi connectivity index (χ1v) is 6.51. The Morgan fingerprint density at radius 1 is 1.26 bits per heavy atom. The lowest BCUT2D eigenvalue weighted by Crippen LogP contribution is -2.33. The predicted octanol–water partition coefficient (Wildman–Crippen LogP) is 1.76. The van der Waals surface area contributed by atoms with Gasteiger partial charge in [0.25, 0.3) is 0 Å². The van der Waals surface area contributed by atoms with Crippen LogP contribution in [0.25, 0.3) is 0 Å². The average Bonchev–Trinajstić information content (AvgIpc) is 2.48. The highest BCUT2D eigenvalue weighted by atomic mass is 16.5. The van der Waals surface area contributed by atoms with Crippen molar-refractivity contribution in [3.63, 3.8) is 0 Å². The second-order valence-corrected chi connectivity index (χ2v) is 4.22. The van der Waals surface area contributed by atoms with Crippen LogP contribution in [0.2, 0.25) is 0 Å². The molecule has 5 nitrogen and oxygen atoms in total. The maximum Gasteiger partial charge on any atom is 0.203 e. The molecule has 1 atom stereocenters. The highest BCUT2D eigenvalue weighted by Gasteiger charge is 2.24. The van der Waals surface area contributed by atoms with E-state index in [1.165, 1.54) is 0 Å². The predicted molar refractivity (Wildman–Crippen MR) is 72.3 cm³/mol. The molecule has 5 heteroatoms. The third-order valence-corrected chi connectivity index (χ3v) is 3.09. The zero-order chi connectivity index (χ0) is 13.7. The molecule has 1 heterocycles.